The van der Waals surface area contributed by atoms with Crippen LogP contribution in [0.1, 0.15) is 25.8 Å². The van der Waals surface area contributed by atoms with Gasteiger partial charge in [-0.25, -0.2) is 0 Å². The van der Waals surface area contributed by atoms with E-state index in [0.29, 0.717) is 0 Å². The lowest BCUT2D eigenvalue weighted by Gasteiger charge is -2.17. The van der Waals surface area contributed by atoms with Crippen LogP contribution in [0, 0.1) is 0 Å². The monoisotopic (exact) mass is 233 g/mol. The highest BCUT2D eigenvalue weighted by atomic mass is 35.5. The Labute approximate surface area is 97.1 Å². The maximum Gasteiger partial charge on any atom is 0.0406 e. The molecule has 0 aliphatic carbocycles. The Morgan fingerprint density at radius 3 is 2.14 bits per heavy atom. The first-order valence-electron chi connectivity index (χ1n) is 4.51. The molecule has 3 heteroatoms. The number of hydrogen-bond donors (Lipinski definition) is 1. The van der Waals surface area contributed by atoms with E-state index < -0.39 is 0 Å². The fourth-order valence-electron chi connectivity index (χ4n) is 1.12. The van der Waals surface area contributed by atoms with Gasteiger partial charge in [-0.3, -0.25) is 0 Å². The summed E-state index contributed by atoms with van der Waals surface area (Å²) in [6.45, 7) is 4.09. The third-order valence-corrected chi connectivity index (χ3v) is 2.22. The third-order valence-electron chi connectivity index (χ3n) is 1.97. The molecule has 0 saturated heterocycles. The van der Waals surface area contributed by atoms with Gasteiger partial charge in [-0.1, -0.05) is 23.7 Å². The van der Waals surface area contributed by atoms with Crippen molar-refractivity contribution in [2.75, 3.05) is 0 Å². The van der Waals surface area contributed by atoms with E-state index in [2.05, 4.69) is 0 Å². The van der Waals surface area contributed by atoms with Crippen LogP contribution in [0.5, 0.6) is 0 Å². The number of halogens is 2. The quantitative estimate of drug-likeness (QED) is 0.851. The molecule has 0 spiro atoms. The molecule has 0 amide bonds. The van der Waals surface area contributed by atoms with Gasteiger partial charge in [0.25, 0.3) is 0 Å². The van der Waals surface area contributed by atoms with Crippen molar-refractivity contribution in [3.63, 3.8) is 0 Å². The lowest BCUT2D eigenvalue weighted by Crippen LogP contribution is -2.32. The van der Waals surface area contributed by atoms with Gasteiger partial charge < -0.3 is 5.73 Å². The summed E-state index contributed by atoms with van der Waals surface area (Å²) in [4.78, 5) is 0. The number of rotatable bonds is 3. The van der Waals surface area contributed by atoms with E-state index in [-0.39, 0.29) is 17.9 Å². The SMILES string of the molecule is CC(C)(N)CCc1ccc(Cl)cc1.Cl. The van der Waals surface area contributed by atoms with Gasteiger partial charge in [-0.15, -0.1) is 12.4 Å². The van der Waals surface area contributed by atoms with Crippen molar-refractivity contribution in [3.05, 3.63) is 34.9 Å². The van der Waals surface area contributed by atoms with Gasteiger partial charge in [0, 0.05) is 10.6 Å². The lowest BCUT2D eigenvalue weighted by molar-refractivity contribution is 0.477. The van der Waals surface area contributed by atoms with Crippen LogP contribution in [0.25, 0.3) is 0 Å². The summed E-state index contributed by atoms with van der Waals surface area (Å²) in [7, 11) is 0. The zero-order chi connectivity index (χ0) is 9.90. The maximum atomic E-state index is 5.89. The molecule has 0 unspecified atom stereocenters. The highest BCUT2D eigenvalue weighted by Gasteiger charge is 2.09. The molecular weight excluding hydrogens is 217 g/mol. The summed E-state index contributed by atoms with van der Waals surface area (Å²) >= 11 is 5.78. The Bertz CT molecular complexity index is 262. The predicted octanol–water partition coefficient (Wildman–Crippen LogP) is 3.43. The summed E-state index contributed by atoms with van der Waals surface area (Å²) < 4.78 is 0. The van der Waals surface area contributed by atoms with E-state index >= 15 is 0 Å². The van der Waals surface area contributed by atoms with Gasteiger partial charge in [0.05, 0.1) is 0 Å². The average molecular weight is 234 g/mol. The van der Waals surface area contributed by atoms with E-state index in [9.17, 15) is 0 Å². The molecule has 0 atom stereocenters. The minimum Gasteiger partial charge on any atom is -0.326 e. The summed E-state index contributed by atoms with van der Waals surface area (Å²) in [5, 5.41) is 0.788. The molecule has 0 aliphatic heterocycles. The zero-order valence-corrected chi connectivity index (χ0v) is 10.2. The van der Waals surface area contributed by atoms with Crippen molar-refractivity contribution in [1.29, 1.82) is 0 Å². The van der Waals surface area contributed by atoms with Crippen molar-refractivity contribution in [2.45, 2.75) is 32.2 Å². The van der Waals surface area contributed by atoms with Crippen molar-refractivity contribution in [1.82, 2.24) is 0 Å². The van der Waals surface area contributed by atoms with Gasteiger partial charge in [0.2, 0.25) is 0 Å². The highest BCUT2D eigenvalue weighted by molar-refractivity contribution is 6.30. The second-order valence-corrected chi connectivity index (χ2v) is 4.55. The normalized spacial score (nSPS) is 10.9. The van der Waals surface area contributed by atoms with Gasteiger partial charge in [-0.05, 0) is 44.4 Å². The molecule has 0 aliphatic rings. The number of nitrogens with two attached hydrogens (primary N) is 1. The fraction of sp³-hybridized carbons (Fsp3) is 0.455. The standard InChI is InChI=1S/C11H16ClN.ClH/c1-11(2,13)8-7-9-3-5-10(12)6-4-9;/h3-6H,7-8,13H2,1-2H3;1H. The van der Waals surface area contributed by atoms with Crippen molar-refractivity contribution < 1.29 is 0 Å². The van der Waals surface area contributed by atoms with Crippen LogP contribution < -0.4 is 5.73 Å². The van der Waals surface area contributed by atoms with Gasteiger partial charge in [-0.2, -0.15) is 0 Å². The molecule has 0 radical (unpaired) electrons. The van der Waals surface area contributed by atoms with Crippen molar-refractivity contribution in [3.8, 4) is 0 Å². The second kappa shape index (κ2) is 5.59. The Balaban J connectivity index is 0.00000169. The maximum absolute atomic E-state index is 5.89. The molecule has 0 bridgehead atoms. The molecule has 1 rings (SSSR count). The molecule has 0 aromatic heterocycles. The predicted molar refractivity (Wildman–Crippen MR) is 65.3 cm³/mol. The van der Waals surface area contributed by atoms with Crippen LogP contribution >= 0.6 is 24.0 Å². The van der Waals surface area contributed by atoms with Crippen LogP contribution in [0.3, 0.4) is 0 Å². The van der Waals surface area contributed by atoms with E-state index in [1.54, 1.807) is 0 Å². The van der Waals surface area contributed by atoms with E-state index in [1.807, 2.05) is 38.1 Å². The highest BCUT2D eigenvalue weighted by Crippen LogP contribution is 2.14. The van der Waals surface area contributed by atoms with Crippen molar-refractivity contribution >= 4 is 24.0 Å². The molecule has 0 saturated carbocycles. The third kappa shape index (κ3) is 5.48. The first-order valence-corrected chi connectivity index (χ1v) is 4.88. The van der Waals surface area contributed by atoms with Gasteiger partial charge in [0.1, 0.15) is 0 Å². The van der Waals surface area contributed by atoms with Crippen molar-refractivity contribution in [2.24, 2.45) is 5.73 Å². The van der Waals surface area contributed by atoms with Gasteiger partial charge >= 0.3 is 0 Å². The lowest BCUT2D eigenvalue weighted by atomic mass is 9.97. The summed E-state index contributed by atoms with van der Waals surface area (Å²) in [5.41, 5.74) is 7.10. The molecule has 80 valence electrons. The summed E-state index contributed by atoms with van der Waals surface area (Å²) in [6.07, 6.45) is 2.01. The second-order valence-electron chi connectivity index (χ2n) is 4.12. The first-order chi connectivity index (χ1) is 5.97. The first kappa shape index (κ1) is 13.8. The fourth-order valence-corrected chi connectivity index (χ4v) is 1.24. The Morgan fingerprint density at radius 2 is 1.71 bits per heavy atom. The molecular formula is C11H17Cl2N. The summed E-state index contributed by atoms with van der Waals surface area (Å²) in [6, 6.07) is 7.93. The van der Waals surface area contributed by atoms with E-state index in [0.717, 1.165) is 17.9 Å². The minimum atomic E-state index is -0.0837. The average Bonchev–Trinajstić information content (AvgIpc) is 2.02. The molecule has 1 aromatic carbocycles. The smallest absolute Gasteiger partial charge is 0.0406 e. The molecule has 2 N–H and O–H groups in total. The Kier molecular flexibility index (Phi) is 5.50. The number of hydrogen-bond acceptors (Lipinski definition) is 1. The van der Waals surface area contributed by atoms with E-state index in [4.69, 9.17) is 17.3 Å². The number of aryl methyl sites for hydroxylation is 1. The summed E-state index contributed by atoms with van der Waals surface area (Å²) in [5.74, 6) is 0. The topological polar surface area (TPSA) is 26.0 Å². The Morgan fingerprint density at radius 1 is 1.21 bits per heavy atom. The van der Waals surface area contributed by atoms with Crippen LogP contribution in [0.15, 0.2) is 24.3 Å². The van der Waals surface area contributed by atoms with Gasteiger partial charge in [0.15, 0.2) is 0 Å². The minimum absolute atomic E-state index is 0. The molecule has 14 heavy (non-hydrogen) atoms. The van der Waals surface area contributed by atoms with Crippen LogP contribution in [0.2, 0.25) is 5.02 Å². The van der Waals surface area contributed by atoms with Crippen LogP contribution in [0.4, 0.5) is 0 Å². The molecule has 1 aromatic rings. The zero-order valence-electron chi connectivity index (χ0n) is 8.59. The largest absolute Gasteiger partial charge is 0.326 e. The number of benzene rings is 1. The van der Waals surface area contributed by atoms with E-state index in [1.165, 1.54) is 5.56 Å². The Hall–Kier alpha value is -0.240. The molecule has 1 nitrogen and oxygen atoms in total. The van der Waals surface area contributed by atoms with Crippen LogP contribution in [-0.4, -0.2) is 5.54 Å². The molecule has 0 heterocycles. The van der Waals surface area contributed by atoms with Crippen LogP contribution in [-0.2, 0) is 6.42 Å². The molecule has 0 fully saturated rings.